The average Bonchev–Trinajstić information content (AvgIpc) is 2.53. The molecular weight excluding hydrogens is 288 g/mol. The molecule has 2 unspecified atom stereocenters. The quantitative estimate of drug-likeness (QED) is 0.899. The second-order valence-corrected chi connectivity index (χ2v) is 5.69. The Labute approximate surface area is 132 Å². The van der Waals surface area contributed by atoms with Gasteiger partial charge in [0.25, 0.3) is 0 Å². The van der Waals surface area contributed by atoms with Gasteiger partial charge in [-0.25, -0.2) is 0 Å². The van der Waals surface area contributed by atoms with Crippen LogP contribution in [-0.2, 0) is 4.79 Å². The molecule has 0 aromatic heterocycles. The van der Waals surface area contributed by atoms with Crippen LogP contribution in [0.25, 0.3) is 0 Å². The number of halogens is 1. The minimum Gasteiger partial charge on any atom is -0.493 e. The molecule has 21 heavy (non-hydrogen) atoms. The zero-order valence-corrected chi connectivity index (χ0v) is 13.0. The number of hydrogen-bond acceptors (Lipinski definition) is 3. The number of para-hydroxylation sites is 1. The molecule has 1 aromatic rings. The fourth-order valence-electron chi connectivity index (χ4n) is 3.08. The van der Waals surface area contributed by atoms with Crippen LogP contribution >= 0.6 is 12.4 Å². The first kappa shape index (κ1) is 16.1. The largest absolute Gasteiger partial charge is 0.493 e. The lowest BCUT2D eigenvalue weighted by molar-refractivity contribution is -0.123. The maximum absolute atomic E-state index is 12.4. The van der Waals surface area contributed by atoms with Crippen LogP contribution in [0.4, 0.5) is 0 Å². The number of benzene rings is 1. The lowest BCUT2D eigenvalue weighted by Crippen LogP contribution is -2.40. The summed E-state index contributed by atoms with van der Waals surface area (Å²) in [6.07, 6.45) is 3.18. The highest BCUT2D eigenvalue weighted by Crippen LogP contribution is 2.33. The second-order valence-electron chi connectivity index (χ2n) is 5.69. The highest BCUT2D eigenvalue weighted by molar-refractivity contribution is 5.85. The molecule has 2 heterocycles. The topological polar surface area (TPSA) is 50.4 Å². The van der Waals surface area contributed by atoms with Crippen molar-refractivity contribution in [3.05, 3.63) is 29.8 Å². The summed E-state index contributed by atoms with van der Waals surface area (Å²) in [6, 6.07) is 7.87. The van der Waals surface area contributed by atoms with Crippen LogP contribution in [0, 0.1) is 5.92 Å². The number of piperidine rings is 1. The van der Waals surface area contributed by atoms with Crippen molar-refractivity contribution in [2.45, 2.75) is 25.2 Å². The van der Waals surface area contributed by atoms with Crippen LogP contribution in [0.3, 0.4) is 0 Å². The molecule has 2 aliphatic rings. The normalized spacial score (nSPS) is 24.2. The summed E-state index contributed by atoms with van der Waals surface area (Å²) in [5.74, 6) is 1.52. The van der Waals surface area contributed by atoms with Gasteiger partial charge in [-0.15, -0.1) is 12.4 Å². The molecule has 0 radical (unpaired) electrons. The molecule has 0 saturated carbocycles. The summed E-state index contributed by atoms with van der Waals surface area (Å²) < 4.78 is 5.61. The van der Waals surface area contributed by atoms with E-state index in [1.807, 2.05) is 24.3 Å². The number of amides is 1. The Hall–Kier alpha value is -1.26. The van der Waals surface area contributed by atoms with E-state index in [0.717, 1.165) is 37.4 Å². The Morgan fingerprint density at radius 2 is 2.19 bits per heavy atom. The predicted octanol–water partition coefficient (Wildman–Crippen LogP) is 2.09. The number of hydrogen-bond donors (Lipinski definition) is 2. The number of carbonyl (C=O) groups is 1. The minimum atomic E-state index is -0.0588. The van der Waals surface area contributed by atoms with E-state index in [0.29, 0.717) is 12.5 Å². The summed E-state index contributed by atoms with van der Waals surface area (Å²) in [5, 5.41) is 6.51. The van der Waals surface area contributed by atoms with Gasteiger partial charge in [0.05, 0.1) is 12.5 Å². The molecule has 2 aliphatic heterocycles. The highest BCUT2D eigenvalue weighted by atomic mass is 35.5. The van der Waals surface area contributed by atoms with Crippen LogP contribution in [0.2, 0.25) is 0 Å². The number of rotatable bonds is 3. The first-order chi connectivity index (χ1) is 9.84. The molecule has 1 aromatic carbocycles. The molecular formula is C16H23ClN2O2. The molecule has 116 valence electrons. The van der Waals surface area contributed by atoms with Gasteiger partial charge in [-0.05, 0) is 44.3 Å². The third-order valence-electron chi connectivity index (χ3n) is 4.24. The van der Waals surface area contributed by atoms with Crippen molar-refractivity contribution >= 4 is 18.3 Å². The Morgan fingerprint density at radius 1 is 1.33 bits per heavy atom. The van der Waals surface area contributed by atoms with E-state index >= 15 is 0 Å². The first-order valence-electron chi connectivity index (χ1n) is 7.55. The van der Waals surface area contributed by atoms with Crippen LogP contribution in [0.5, 0.6) is 5.75 Å². The average molecular weight is 311 g/mol. The van der Waals surface area contributed by atoms with Crippen molar-refractivity contribution in [3.8, 4) is 5.75 Å². The SMILES string of the molecule is Cl.O=C(NCC1CCCNC1)C1CCOc2ccccc21. The van der Waals surface area contributed by atoms with Crippen LogP contribution in [0.1, 0.15) is 30.7 Å². The number of nitrogens with one attached hydrogen (secondary N) is 2. The van der Waals surface area contributed by atoms with E-state index in [9.17, 15) is 4.79 Å². The Balaban J connectivity index is 0.00000161. The van der Waals surface area contributed by atoms with Gasteiger partial charge in [0.1, 0.15) is 5.75 Å². The van der Waals surface area contributed by atoms with E-state index in [2.05, 4.69) is 10.6 Å². The maximum atomic E-state index is 12.4. The van der Waals surface area contributed by atoms with E-state index in [1.165, 1.54) is 12.8 Å². The lowest BCUT2D eigenvalue weighted by Gasteiger charge is -2.27. The van der Waals surface area contributed by atoms with Gasteiger partial charge in [-0.2, -0.15) is 0 Å². The van der Waals surface area contributed by atoms with Crippen LogP contribution in [-0.4, -0.2) is 32.1 Å². The molecule has 1 saturated heterocycles. The smallest absolute Gasteiger partial charge is 0.227 e. The zero-order chi connectivity index (χ0) is 13.8. The fourth-order valence-corrected chi connectivity index (χ4v) is 3.08. The number of ether oxygens (including phenoxy) is 1. The monoisotopic (exact) mass is 310 g/mol. The van der Waals surface area contributed by atoms with Gasteiger partial charge in [-0.1, -0.05) is 18.2 Å². The van der Waals surface area contributed by atoms with E-state index in [1.54, 1.807) is 0 Å². The van der Waals surface area contributed by atoms with Gasteiger partial charge in [0, 0.05) is 12.1 Å². The van der Waals surface area contributed by atoms with E-state index < -0.39 is 0 Å². The summed E-state index contributed by atoms with van der Waals surface area (Å²) >= 11 is 0. The Morgan fingerprint density at radius 3 is 3.00 bits per heavy atom. The van der Waals surface area contributed by atoms with Crippen LogP contribution < -0.4 is 15.4 Å². The van der Waals surface area contributed by atoms with Crippen molar-refractivity contribution in [3.63, 3.8) is 0 Å². The van der Waals surface area contributed by atoms with Crippen molar-refractivity contribution < 1.29 is 9.53 Å². The molecule has 1 fully saturated rings. The highest BCUT2D eigenvalue weighted by Gasteiger charge is 2.27. The maximum Gasteiger partial charge on any atom is 0.227 e. The van der Waals surface area contributed by atoms with Gasteiger partial charge in [-0.3, -0.25) is 4.79 Å². The van der Waals surface area contributed by atoms with Gasteiger partial charge in [0.2, 0.25) is 5.91 Å². The van der Waals surface area contributed by atoms with Crippen molar-refractivity contribution in [1.29, 1.82) is 0 Å². The van der Waals surface area contributed by atoms with Crippen molar-refractivity contribution in [2.75, 3.05) is 26.2 Å². The Bertz CT molecular complexity index is 475. The molecule has 3 rings (SSSR count). The van der Waals surface area contributed by atoms with Gasteiger partial charge < -0.3 is 15.4 Å². The molecule has 5 heteroatoms. The molecule has 2 N–H and O–H groups in total. The molecule has 2 atom stereocenters. The fraction of sp³-hybridized carbons (Fsp3) is 0.562. The number of fused-ring (bicyclic) bond motifs is 1. The Kier molecular flexibility index (Phi) is 5.88. The summed E-state index contributed by atoms with van der Waals surface area (Å²) in [7, 11) is 0. The molecule has 1 amide bonds. The van der Waals surface area contributed by atoms with Gasteiger partial charge in [0.15, 0.2) is 0 Å². The third-order valence-corrected chi connectivity index (χ3v) is 4.24. The summed E-state index contributed by atoms with van der Waals surface area (Å²) in [4.78, 5) is 12.4. The lowest BCUT2D eigenvalue weighted by atomic mass is 9.92. The summed E-state index contributed by atoms with van der Waals surface area (Å²) in [6.45, 7) is 3.54. The zero-order valence-electron chi connectivity index (χ0n) is 12.1. The molecule has 4 nitrogen and oxygen atoms in total. The van der Waals surface area contributed by atoms with Gasteiger partial charge >= 0.3 is 0 Å². The second kappa shape index (κ2) is 7.66. The summed E-state index contributed by atoms with van der Waals surface area (Å²) in [5.41, 5.74) is 1.03. The van der Waals surface area contributed by atoms with E-state index in [-0.39, 0.29) is 24.2 Å². The molecule has 0 bridgehead atoms. The predicted molar refractivity (Wildman–Crippen MR) is 85.1 cm³/mol. The van der Waals surface area contributed by atoms with Crippen molar-refractivity contribution in [2.24, 2.45) is 5.92 Å². The van der Waals surface area contributed by atoms with Crippen molar-refractivity contribution in [1.82, 2.24) is 10.6 Å². The molecule has 0 spiro atoms. The third kappa shape index (κ3) is 3.89. The standard InChI is InChI=1S/C16H22N2O2.ClH/c19-16(18-11-12-4-3-8-17-10-12)14-7-9-20-15-6-2-1-5-13(14)15;/h1-2,5-6,12,14,17H,3-4,7-11H2,(H,18,19);1H. The first-order valence-corrected chi connectivity index (χ1v) is 7.55. The number of carbonyl (C=O) groups excluding carboxylic acids is 1. The van der Waals surface area contributed by atoms with Crippen LogP contribution in [0.15, 0.2) is 24.3 Å². The van der Waals surface area contributed by atoms with E-state index in [4.69, 9.17) is 4.74 Å². The minimum absolute atomic E-state index is 0. The molecule has 0 aliphatic carbocycles.